The minimum absolute atomic E-state index is 0.260. The Morgan fingerprint density at radius 1 is 1.47 bits per heavy atom. The maximum Gasteiger partial charge on any atom is 0.134 e. The van der Waals surface area contributed by atoms with Crippen LogP contribution in [-0.4, -0.2) is 26.2 Å². The number of rotatable bonds is 2. The van der Waals surface area contributed by atoms with Gasteiger partial charge in [0.25, 0.3) is 0 Å². The summed E-state index contributed by atoms with van der Waals surface area (Å²) in [6.07, 6.45) is 1.31. The first kappa shape index (κ1) is 10.3. The number of fused-ring (bicyclic) bond motifs is 1. The van der Waals surface area contributed by atoms with Gasteiger partial charge in [0.1, 0.15) is 18.0 Å². The average Bonchev–Trinajstić information content (AvgIpc) is 2.93. The molecule has 0 spiro atoms. The van der Waals surface area contributed by atoms with Gasteiger partial charge in [0.05, 0.1) is 11.9 Å². The Bertz CT molecular complexity index is 513. The third-order valence-corrected chi connectivity index (χ3v) is 3.08. The van der Waals surface area contributed by atoms with E-state index in [4.69, 9.17) is 4.74 Å². The van der Waals surface area contributed by atoms with Crippen LogP contribution in [0.1, 0.15) is 17.4 Å². The molecule has 3 rings (SSSR count). The van der Waals surface area contributed by atoms with Gasteiger partial charge in [-0.15, -0.1) is 5.10 Å². The highest BCUT2D eigenvalue weighted by molar-refractivity contribution is 5.37. The molecular weight excluding hydrogens is 218 g/mol. The highest BCUT2D eigenvalue weighted by Gasteiger charge is 2.31. The molecule has 2 heterocycles. The quantitative estimate of drug-likeness (QED) is 0.832. The lowest BCUT2D eigenvalue weighted by Crippen LogP contribution is -2.24. The van der Waals surface area contributed by atoms with Crippen molar-refractivity contribution in [3.63, 3.8) is 0 Å². The largest absolute Gasteiger partial charge is 0.487 e. The van der Waals surface area contributed by atoms with E-state index < -0.39 is 6.10 Å². The monoisotopic (exact) mass is 231 g/mol. The Balaban J connectivity index is 1.83. The van der Waals surface area contributed by atoms with E-state index in [1.54, 1.807) is 17.9 Å². The predicted molar refractivity (Wildman–Crippen MR) is 60.5 cm³/mol. The molecule has 17 heavy (non-hydrogen) atoms. The fourth-order valence-electron chi connectivity index (χ4n) is 2.14. The number of nitrogens with zero attached hydrogens (tertiary/aromatic N) is 3. The van der Waals surface area contributed by atoms with Gasteiger partial charge in [0, 0.05) is 13.5 Å². The van der Waals surface area contributed by atoms with Crippen LogP contribution in [0, 0.1) is 0 Å². The van der Waals surface area contributed by atoms with Crippen molar-refractivity contribution in [3.05, 3.63) is 41.7 Å². The SMILES string of the molecule is Cn1nncc1C(O)C1Cc2ccccc2O1. The average molecular weight is 231 g/mol. The Kier molecular flexibility index (Phi) is 2.33. The van der Waals surface area contributed by atoms with Crippen molar-refractivity contribution in [1.82, 2.24) is 15.0 Å². The standard InChI is InChI=1S/C12H13N3O2/c1-15-9(7-13-14-15)12(16)11-6-8-4-2-3-5-10(8)17-11/h2-5,7,11-12,16H,6H2,1H3. The van der Waals surface area contributed by atoms with Crippen molar-refractivity contribution in [2.24, 2.45) is 7.05 Å². The van der Waals surface area contributed by atoms with E-state index in [0.717, 1.165) is 11.3 Å². The lowest BCUT2D eigenvalue weighted by atomic mass is 10.0. The smallest absolute Gasteiger partial charge is 0.134 e. The molecule has 1 aliphatic heterocycles. The molecule has 0 aliphatic carbocycles. The summed E-state index contributed by atoms with van der Waals surface area (Å²) in [5.74, 6) is 0.853. The fourth-order valence-corrected chi connectivity index (χ4v) is 2.14. The van der Waals surface area contributed by atoms with Crippen molar-refractivity contribution in [2.75, 3.05) is 0 Å². The number of benzene rings is 1. The van der Waals surface area contributed by atoms with Crippen molar-refractivity contribution in [2.45, 2.75) is 18.6 Å². The van der Waals surface area contributed by atoms with Crippen molar-refractivity contribution < 1.29 is 9.84 Å². The summed E-state index contributed by atoms with van der Waals surface area (Å²) in [5, 5.41) is 17.8. The molecule has 0 saturated heterocycles. The molecule has 5 heteroatoms. The number of aliphatic hydroxyl groups is 1. The van der Waals surface area contributed by atoms with Gasteiger partial charge < -0.3 is 9.84 Å². The number of aromatic nitrogens is 3. The second-order valence-corrected chi connectivity index (χ2v) is 4.20. The first-order valence-corrected chi connectivity index (χ1v) is 5.53. The summed E-state index contributed by atoms with van der Waals surface area (Å²) in [7, 11) is 1.76. The summed E-state index contributed by atoms with van der Waals surface area (Å²) in [5.41, 5.74) is 1.80. The van der Waals surface area contributed by atoms with Gasteiger partial charge in [-0.3, -0.25) is 0 Å². The maximum absolute atomic E-state index is 10.2. The van der Waals surface area contributed by atoms with Gasteiger partial charge in [-0.25, -0.2) is 4.68 Å². The Morgan fingerprint density at radius 2 is 2.29 bits per heavy atom. The summed E-state index contributed by atoms with van der Waals surface area (Å²) >= 11 is 0. The summed E-state index contributed by atoms with van der Waals surface area (Å²) in [4.78, 5) is 0. The highest BCUT2D eigenvalue weighted by Crippen LogP contribution is 2.33. The molecule has 1 N–H and O–H groups in total. The third-order valence-electron chi connectivity index (χ3n) is 3.08. The number of para-hydroxylation sites is 1. The molecule has 0 saturated carbocycles. The van der Waals surface area contributed by atoms with E-state index in [2.05, 4.69) is 10.3 Å². The predicted octanol–water partition coefficient (Wildman–Crippen LogP) is 0.852. The number of hydrogen-bond acceptors (Lipinski definition) is 4. The molecule has 0 bridgehead atoms. The summed E-state index contributed by atoms with van der Waals surface area (Å²) in [6.45, 7) is 0. The van der Waals surface area contributed by atoms with Crippen molar-refractivity contribution in [1.29, 1.82) is 0 Å². The zero-order valence-electron chi connectivity index (χ0n) is 9.45. The summed E-state index contributed by atoms with van der Waals surface area (Å²) < 4.78 is 7.30. The molecule has 5 nitrogen and oxygen atoms in total. The molecule has 2 aromatic rings. The highest BCUT2D eigenvalue weighted by atomic mass is 16.5. The van der Waals surface area contributed by atoms with Crippen LogP contribution in [0.25, 0.3) is 0 Å². The lowest BCUT2D eigenvalue weighted by molar-refractivity contribution is 0.0436. The topological polar surface area (TPSA) is 60.2 Å². The molecule has 1 aromatic heterocycles. The second-order valence-electron chi connectivity index (χ2n) is 4.20. The lowest BCUT2D eigenvalue weighted by Gasteiger charge is -2.17. The third kappa shape index (κ3) is 1.68. The zero-order chi connectivity index (χ0) is 11.8. The zero-order valence-corrected chi connectivity index (χ0v) is 9.45. The van der Waals surface area contributed by atoms with Crippen LogP contribution in [0.15, 0.2) is 30.5 Å². The Hall–Kier alpha value is -1.88. The molecule has 0 amide bonds. The Labute approximate surface area is 98.6 Å². The summed E-state index contributed by atoms with van der Waals surface area (Å²) in [6, 6.07) is 7.84. The molecule has 2 unspecified atom stereocenters. The molecule has 88 valence electrons. The maximum atomic E-state index is 10.2. The van der Waals surface area contributed by atoms with Gasteiger partial charge in [0.15, 0.2) is 0 Å². The number of aryl methyl sites for hydroxylation is 1. The minimum Gasteiger partial charge on any atom is -0.487 e. The van der Waals surface area contributed by atoms with Gasteiger partial charge in [-0.1, -0.05) is 23.4 Å². The fraction of sp³-hybridized carbons (Fsp3) is 0.333. The van der Waals surface area contributed by atoms with Crippen molar-refractivity contribution >= 4 is 0 Å². The molecule has 1 aromatic carbocycles. The van der Waals surface area contributed by atoms with Gasteiger partial charge in [-0.2, -0.15) is 0 Å². The normalized spacial score (nSPS) is 19.8. The van der Waals surface area contributed by atoms with Crippen molar-refractivity contribution in [3.8, 4) is 5.75 Å². The van der Waals surface area contributed by atoms with Gasteiger partial charge in [-0.05, 0) is 11.6 Å². The number of ether oxygens (including phenoxy) is 1. The van der Waals surface area contributed by atoms with Crippen LogP contribution in [0.5, 0.6) is 5.75 Å². The van der Waals surface area contributed by atoms with Crippen LogP contribution in [-0.2, 0) is 13.5 Å². The number of hydrogen-bond donors (Lipinski definition) is 1. The van der Waals surface area contributed by atoms with E-state index in [0.29, 0.717) is 12.1 Å². The first-order valence-electron chi connectivity index (χ1n) is 5.53. The van der Waals surface area contributed by atoms with E-state index >= 15 is 0 Å². The molecule has 0 radical (unpaired) electrons. The minimum atomic E-state index is -0.706. The van der Waals surface area contributed by atoms with Crippen LogP contribution in [0.3, 0.4) is 0 Å². The molecular formula is C12H13N3O2. The van der Waals surface area contributed by atoms with Gasteiger partial charge >= 0.3 is 0 Å². The van der Waals surface area contributed by atoms with Gasteiger partial charge in [0.2, 0.25) is 0 Å². The van der Waals surface area contributed by atoms with E-state index in [9.17, 15) is 5.11 Å². The van der Waals surface area contributed by atoms with Crippen LogP contribution in [0.4, 0.5) is 0 Å². The van der Waals surface area contributed by atoms with E-state index in [1.165, 1.54) is 0 Å². The van der Waals surface area contributed by atoms with Crippen LogP contribution >= 0.6 is 0 Å². The van der Waals surface area contributed by atoms with E-state index in [1.807, 2.05) is 24.3 Å². The number of aliphatic hydroxyl groups excluding tert-OH is 1. The van der Waals surface area contributed by atoms with Crippen LogP contribution < -0.4 is 4.74 Å². The Morgan fingerprint density at radius 3 is 3.00 bits per heavy atom. The molecule has 0 fully saturated rings. The van der Waals surface area contributed by atoms with Crippen LogP contribution in [0.2, 0.25) is 0 Å². The van der Waals surface area contributed by atoms with E-state index in [-0.39, 0.29) is 6.10 Å². The molecule has 1 aliphatic rings. The first-order chi connectivity index (χ1) is 8.25. The second kappa shape index (κ2) is 3.85. The molecule has 2 atom stereocenters.